The number of aromatic nitrogens is 5. The second-order valence-electron chi connectivity index (χ2n) is 4.48. The van der Waals surface area contributed by atoms with Crippen LogP contribution in [0.5, 0.6) is 0 Å². The van der Waals surface area contributed by atoms with E-state index in [1.54, 1.807) is 29.8 Å². The van der Waals surface area contributed by atoms with Gasteiger partial charge in [-0.15, -0.1) is 11.3 Å². The molecule has 0 amide bonds. The molecule has 0 aliphatic heterocycles. The molecule has 0 saturated heterocycles. The van der Waals surface area contributed by atoms with E-state index in [2.05, 4.69) is 45.3 Å². The molecule has 108 valence electrons. The summed E-state index contributed by atoms with van der Waals surface area (Å²) in [5.41, 5.74) is 1.29. The lowest BCUT2D eigenvalue weighted by molar-refractivity contribution is 0.795. The quantitative estimate of drug-likeness (QED) is 0.800. The molecule has 0 aromatic carbocycles. The molecule has 3 aromatic rings. The van der Waals surface area contributed by atoms with Crippen LogP contribution in [0.3, 0.4) is 0 Å². The van der Waals surface area contributed by atoms with Crippen LogP contribution in [0.1, 0.15) is 15.3 Å². The lowest BCUT2D eigenvalue weighted by Gasteiger charge is -2.05. The Hall–Kier alpha value is -1.99. The first-order chi connectivity index (χ1) is 10.1. The molecule has 0 spiro atoms. The van der Waals surface area contributed by atoms with Crippen LogP contribution >= 0.6 is 22.9 Å². The van der Waals surface area contributed by atoms with Crippen LogP contribution in [0.15, 0.2) is 24.5 Å². The van der Waals surface area contributed by atoms with Gasteiger partial charge in [-0.25, -0.2) is 4.68 Å². The topological polar surface area (TPSA) is 68.5 Å². The van der Waals surface area contributed by atoms with E-state index in [0.717, 1.165) is 0 Å². The van der Waals surface area contributed by atoms with Crippen LogP contribution in [0.25, 0.3) is 5.95 Å². The molecule has 0 aliphatic carbocycles. The van der Waals surface area contributed by atoms with Gasteiger partial charge in [0.2, 0.25) is 11.2 Å². The zero-order valence-electron chi connectivity index (χ0n) is 11.5. The molecule has 3 heterocycles. The molecule has 0 aliphatic rings. The van der Waals surface area contributed by atoms with Crippen LogP contribution in [-0.4, -0.2) is 24.7 Å². The van der Waals surface area contributed by atoms with Gasteiger partial charge in [0.05, 0.1) is 6.54 Å². The summed E-state index contributed by atoms with van der Waals surface area (Å²) in [7, 11) is 0. The summed E-state index contributed by atoms with van der Waals surface area (Å²) in [5, 5.41) is 7.38. The standard InChI is InChI=1S/C13H13ClN6S/c1-8-6-10(21-9(8)2)7-15-12-17-11(14)18-13(19-12)20-5-3-4-16-20/h3-6H,7H2,1-2H3,(H,15,17,18,19). The van der Waals surface area contributed by atoms with Crippen LogP contribution < -0.4 is 5.32 Å². The Kier molecular flexibility index (Phi) is 3.85. The van der Waals surface area contributed by atoms with Gasteiger partial charge in [-0.3, -0.25) is 0 Å². The summed E-state index contributed by atoms with van der Waals surface area (Å²) in [5.74, 6) is 0.824. The minimum Gasteiger partial charge on any atom is -0.349 e. The minimum absolute atomic E-state index is 0.136. The zero-order chi connectivity index (χ0) is 14.8. The molecule has 0 saturated carbocycles. The van der Waals surface area contributed by atoms with E-state index in [4.69, 9.17) is 11.6 Å². The number of nitrogens with zero attached hydrogens (tertiary/aromatic N) is 5. The highest BCUT2D eigenvalue weighted by Crippen LogP contribution is 2.21. The maximum atomic E-state index is 5.94. The van der Waals surface area contributed by atoms with E-state index in [1.807, 2.05) is 0 Å². The van der Waals surface area contributed by atoms with Gasteiger partial charge in [0.25, 0.3) is 5.95 Å². The number of nitrogens with one attached hydrogen (secondary N) is 1. The first-order valence-electron chi connectivity index (χ1n) is 6.33. The van der Waals surface area contributed by atoms with Gasteiger partial charge in [0, 0.05) is 22.1 Å². The van der Waals surface area contributed by atoms with Crippen molar-refractivity contribution >= 4 is 28.9 Å². The van der Waals surface area contributed by atoms with Crippen molar-refractivity contribution in [2.45, 2.75) is 20.4 Å². The Morgan fingerprint density at radius 3 is 2.81 bits per heavy atom. The fourth-order valence-corrected chi connectivity index (χ4v) is 2.96. The van der Waals surface area contributed by atoms with E-state index in [-0.39, 0.29) is 5.28 Å². The second-order valence-corrected chi connectivity index (χ2v) is 6.16. The van der Waals surface area contributed by atoms with Gasteiger partial charge in [-0.2, -0.15) is 20.1 Å². The lowest BCUT2D eigenvalue weighted by atomic mass is 10.3. The van der Waals surface area contributed by atoms with Crippen molar-refractivity contribution in [2.24, 2.45) is 0 Å². The number of halogens is 1. The number of thiophene rings is 1. The summed E-state index contributed by atoms with van der Waals surface area (Å²) in [6.45, 7) is 4.86. The Balaban J connectivity index is 1.79. The Morgan fingerprint density at radius 2 is 2.14 bits per heavy atom. The van der Waals surface area contributed by atoms with Crippen LogP contribution in [0.2, 0.25) is 5.28 Å². The Labute approximate surface area is 130 Å². The maximum absolute atomic E-state index is 5.94. The highest BCUT2D eigenvalue weighted by molar-refractivity contribution is 7.12. The third-order valence-electron chi connectivity index (χ3n) is 2.94. The third-order valence-corrected chi connectivity index (χ3v) is 4.26. The lowest BCUT2D eigenvalue weighted by Crippen LogP contribution is -2.08. The van der Waals surface area contributed by atoms with Crippen molar-refractivity contribution in [3.8, 4) is 5.95 Å². The predicted octanol–water partition coefficient (Wildman–Crippen LogP) is 3.00. The van der Waals surface area contributed by atoms with Gasteiger partial charge in [-0.05, 0) is 43.1 Å². The molecule has 3 rings (SSSR count). The molecule has 3 aromatic heterocycles. The first-order valence-corrected chi connectivity index (χ1v) is 7.52. The Bertz CT molecular complexity index is 733. The predicted molar refractivity (Wildman–Crippen MR) is 83.1 cm³/mol. The molecular formula is C13H13ClN6S. The summed E-state index contributed by atoms with van der Waals surface area (Å²) in [6.07, 6.45) is 3.41. The fraction of sp³-hybridized carbons (Fsp3) is 0.231. The first kappa shape index (κ1) is 14.0. The molecular weight excluding hydrogens is 308 g/mol. The summed E-state index contributed by atoms with van der Waals surface area (Å²) < 4.78 is 1.54. The van der Waals surface area contributed by atoms with Crippen molar-refractivity contribution in [2.75, 3.05) is 5.32 Å². The average molecular weight is 321 g/mol. The van der Waals surface area contributed by atoms with Crippen LogP contribution in [-0.2, 0) is 6.54 Å². The SMILES string of the molecule is Cc1cc(CNc2nc(Cl)nc(-n3cccn3)n2)sc1C. The fourth-order valence-electron chi connectivity index (χ4n) is 1.81. The van der Waals surface area contributed by atoms with E-state index in [0.29, 0.717) is 18.4 Å². The van der Waals surface area contributed by atoms with Crippen LogP contribution in [0.4, 0.5) is 5.95 Å². The van der Waals surface area contributed by atoms with Gasteiger partial charge < -0.3 is 5.32 Å². The Morgan fingerprint density at radius 1 is 1.29 bits per heavy atom. The molecule has 1 N–H and O–H groups in total. The van der Waals surface area contributed by atoms with Gasteiger partial charge >= 0.3 is 0 Å². The highest BCUT2D eigenvalue weighted by atomic mass is 35.5. The van der Waals surface area contributed by atoms with E-state index in [9.17, 15) is 0 Å². The molecule has 0 radical (unpaired) electrons. The zero-order valence-corrected chi connectivity index (χ0v) is 13.1. The minimum atomic E-state index is 0.136. The number of rotatable bonds is 4. The van der Waals surface area contributed by atoms with Crippen molar-refractivity contribution in [1.82, 2.24) is 24.7 Å². The molecule has 8 heteroatoms. The average Bonchev–Trinajstić information content (AvgIpc) is 3.07. The van der Waals surface area contributed by atoms with Crippen molar-refractivity contribution < 1.29 is 0 Å². The molecule has 0 bridgehead atoms. The molecule has 0 fully saturated rings. The maximum Gasteiger partial charge on any atom is 0.256 e. The molecule has 21 heavy (non-hydrogen) atoms. The number of anilines is 1. The van der Waals surface area contributed by atoms with E-state index in [1.165, 1.54) is 20.0 Å². The van der Waals surface area contributed by atoms with Gasteiger partial charge in [0.15, 0.2) is 0 Å². The molecule has 0 atom stereocenters. The van der Waals surface area contributed by atoms with Crippen LogP contribution in [0, 0.1) is 13.8 Å². The normalized spacial score (nSPS) is 10.8. The van der Waals surface area contributed by atoms with Gasteiger partial charge in [0.1, 0.15) is 0 Å². The summed E-state index contributed by atoms with van der Waals surface area (Å²) in [4.78, 5) is 15.0. The third kappa shape index (κ3) is 3.20. The molecule has 0 unspecified atom stereocenters. The largest absolute Gasteiger partial charge is 0.349 e. The van der Waals surface area contributed by atoms with Crippen molar-refractivity contribution in [1.29, 1.82) is 0 Å². The van der Waals surface area contributed by atoms with Gasteiger partial charge in [-0.1, -0.05) is 0 Å². The number of hydrogen-bond acceptors (Lipinski definition) is 6. The molecule has 6 nitrogen and oxygen atoms in total. The summed E-state index contributed by atoms with van der Waals surface area (Å²) in [6, 6.07) is 3.95. The second kappa shape index (κ2) is 5.79. The van der Waals surface area contributed by atoms with Crippen molar-refractivity contribution in [3.63, 3.8) is 0 Å². The van der Waals surface area contributed by atoms with E-state index >= 15 is 0 Å². The highest BCUT2D eigenvalue weighted by Gasteiger charge is 2.08. The van der Waals surface area contributed by atoms with Crippen molar-refractivity contribution in [3.05, 3.63) is 45.1 Å². The number of aryl methyl sites for hydroxylation is 2. The monoisotopic (exact) mass is 320 g/mol. The summed E-state index contributed by atoms with van der Waals surface area (Å²) >= 11 is 7.69. The number of hydrogen-bond donors (Lipinski definition) is 1. The van der Waals surface area contributed by atoms with E-state index < -0.39 is 0 Å². The smallest absolute Gasteiger partial charge is 0.256 e.